The van der Waals surface area contributed by atoms with Gasteiger partial charge in [0.25, 0.3) is 0 Å². The molecule has 5 aliphatic rings. The maximum atomic E-state index is 3.34. The maximum Gasteiger partial charge on any atom is -0.0648 e. The molecule has 58 heavy (non-hydrogen) atoms. The molecule has 0 heterocycles. The summed E-state index contributed by atoms with van der Waals surface area (Å²) in [5.74, 6) is 2.24. The summed E-state index contributed by atoms with van der Waals surface area (Å²) in [5, 5.41) is 5.07. The zero-order valence-electron chi connectivity index (χ0n) is 35.7. The first-order valence-corrected chi connectivity index (χ1v) is 22.0. The van der Waals surface area contributed by atoms with Gasteiger partial charge in [-0.2, -0.15) is 65.8 Å². The van der Waals surface area contributed by atoms with E-state index in [1.807, 2.05) is 60.7 Å². The van der Waals surface area contributed by atoms with Crippen LogP contribution in [0, 0.1) is 51.7 Å². The fourth-order valence-corrected chi connectivity index (χ4v) is 10.0. The number of allylic oxidation sites excluding steroid dienone is 10. The molecule has 1 saturated carbocycles. The van der Waals surface area contributed by atoms with Gasteiger partial charge in [-0.3, -0.25) is 6.08 Å². The van der Waals surface area contributed by atoms with Crippen molar-refractivity contribution in [2.45, 2.75) is 81.1 Å². The molecule has 302 valence electrons. The van der Waals surface area contributed by atoms with Gasteiger partial charge in [0.1, 0.15) is 0 Å². The summed E-state index contributed by atoms with van der Waals surface area (Å²) in [5.41, 5.74) is 10.3. The van der Waals surface area contributed by atoms with Crippen molar-refractivity contribution in [3.05, 3.63) is 192 Å². The largest absolute Gasteiger partial charge is 0.183 e. The van der Waals surface area contributed by atoms with Gasteiger partial charge in [-0.05, 0) is 40.6 Å². The summed E-state index contributed by atoms with van der Waals surface area (Å²) < 4.78 is 3.34. The zero-order chi connectivity index (χ0) is 40.1. The monoisotopic (exact) mass is 880 g/mol. The Balaban J connectivity index is 0.000000208. The zero-order valence-corrected chi connectivity index (χ0v) is 39.8. The van der Waals surface area contributed by atoms with Crippen LogP contribution in [0.25, 0.3) is 27.1 Å². The normalized spacial score (nSPS) is 21.6. The van der Waals surface area contributed by atoms with E-state index >= 15 is 0 Å². The third-order valence-corrected chi connectivity index (χ3v) is 14.6. The summed E-state index contributed by atoms with van der Waals surface area (Å²) in [7, 11) is 0. The molecule has 0 amide bonds. The van der Waals surface area contributed by atoms with E-state index in [1.165, 1.54) is 69.7 Å². The Labute approximate surface area is 377 Å². The number of fused-ring (bicyclic) bond motifs is 8. The first kappa shape index (κ1) is 47.2. The van der Waals surface area contributed by atoms with Gasteiger partial charge in [-0.25, -0.2) is 18.1 Å². The van der Waals surface area contributed by atoms with Gasteiger partial charge in [0, 0.05) is 0 Å². The van der Waals surface area contributed by atoms with Crippen LogP contribution in [0.1, 0.15) is 85.8 Å². The van der Waals surface area contributed by atoms with Crippen molar-refractivity contribution in [3.63, 3.8) is 0 Å². The predicted molar refractivity (Wildman–Crippen MR) is 253 cm³/mol. The molecule has 0 radical (unpaired) electrons. The average Bonchev–Trinajstić information content (AvgIpc) is 3.95. The van der Waals surface area contributed by atoms with Crippen LogP contribution in [0.5, 0.6) is 0 Å². The van der Waals surface area contributed by atoms with E-state index in [4.69, 9.17) is 0 Å². The molecule has 1 fully saturated rings. The number of hydrogen-bond acceptors (Lipinski definition) is 0. The van der Waals surface area contributed by atoms with Crippen molar-refractivity contribution < 1.29 is 24.2 Å². The van der Waals surface area contributed by atoms with Crippen molar-refractivity contribution in [2.75, 3.05) is 0 Å². The topological polar surface area (TPSA) is 0 Å². The molecule has 2 atom stereocenters. The summed E-state index contributed by atoms with van der Waals surface area (Å²) >= 11 is 1.30. The number of hydrogen-bond donors (Lipinski definition) is 0. The van der Waals surface area contributed by atoms with Crippen molar-refractivity contribution in [1.29, 1.82) is 0 Å². The first-order chi connectivity index (χ1) is 26.9. The molecule has 0 spiro atoms. The van der Waals surface area contributed by atoms with Gasteiger partial charge in [0.2, 0.25) is 0 Å². The second-order valence-electron chi connectivity index (χ2n) is 17.3. The van der Waals surface area contributed by atoms with Gasteiger partial charge in [-0.15, -0.1) is 71.8 Å². The Kier molecular flexibility index (Phi) is 16.1. The van der Waals surface area contributed by atoms with Gasteiger partial charge < -0.3 is 0 Å². The second kappa shape index (κ2) is 19.7. The minimum absolute atomic E-state index is 0. The molecular formula is C55H60Cl2Zr-4. The van der Waals surface area contributed by atoms with Crippen LogP contribution in [0.4, 0.5) is 0 Å². The first-order valence-electron chi connectivity index (χ1n) is 20.3. The molecular weight excluding hydrogens is 823 g/mol. The van der Waals surface area contributed by atoms with Crippen molar-refractivity contribution >= 4 is 56.1 Å². The van der Waals surface area contributed by atoms with E-state index in [9.17, 15) is 0 Å². The fraction of sp³-hybridized carbons (Fsp3) is 0.309. The third kappa shape index (κ3) is 8.44. The van der Waals surface area contributed by atoms with E-state index in [-0.39, 0.29) is 46.5 Å². The molecule has 0 saturated heterocycles. The van der Waals surface area contributed by atoms with Crippen LogP contribution in [-0.4, -0.2) is 4.21 Å². The van der Waals surface area contributed by atoms with Crippen molar-refractivity contribution in [1.82, 2.24) is 0 Å². The van der Waals surface area contributed by atoms with Gasteiger partial charge in [0.15, 0.2) is 0 Å². The predicted octanol–water partition coefficient (Wildman–Crippen LogP) is 15.4. The Bertz CT molecular complexity index is 2120. The number of benzene rings is 5. The van der Waals surface area contributed by atoms with Crippen LogP contribution < -0.4 is 0 Å². The van der Waals surface area contributed by atoms with Crippen molar-refractivity contribution in [2.24, 2.45) is 27.6 Å². The molecule has 10 rings (SSSR count). The summed E-state index contributed by atoms with van der Waals surface area (Å²) in [6.07, 6.45) is 18.5. The standard InChI is InChI=1S/C29H37.2C10H7.C5H5.CH2.2ClH.Zr/c1-18-25-22-17-19-13-9-10-14-20(19)24(22)21-15-11-12-16-23(21)29(25,8)28(6,7)27(4,5)26(18,2)3;2*1-2-6-10-8-4-3-7-9(10)5-1;1-2-4-5-3-1;;;;/h9-11,13-15,23H,12,16-17H2,1-8H3;2*1-3,5-8H;1-3H,4H2;1H2;2*1H;/q4*-1;;;;. The van der Waals surface area contributed by atoms with Gasteiger partial charge in [0.05, 0.1) is 0 Å². The second-order valence-corrected chi connectivity index (χ2v) is 17.3. The smallest absolute Gasteiger partial charge is 0.0648 e. The molecule has 0 N–H and O–H groups in total. The SMILES string of the molecule is C[C-]1C2=C3Cc4ccccc4C3=C3C=CCCC3C2(C)C(C)(C)C(C)(C)C1(C)C.Cl.Cl.[C-]1=CC=CC1.[CH2]=[Zr].[c-]1ccc2ccccc2c1.[c-]1ccc2ccccc2c1. The van der Waals surface area contributed by atoms with E-state index in [0.29, 0.717) is 5.92 Å². The Morgan fingerprint density at radius 3 is 1.76 bits per heavy atom. The molecule has 5 aromatic rings. The minimum Gasteiger partial charge on any atom is -0.183 e. The Morgan fingerprint density at radius 1 is 0.690 bits per heavy atom. The number of rotatable bonds is 0. The molecule has 5 aliphatic carbocycles. The minimum atomic E-state index is 0. The molecule has 0 bridgehead atoms. The summed E-state index contributed by atoms with van der Waals surface area (Å²) in [6, 6.07) is 43.8. The summed E-state index contributed by atoms with van der Waals surface area (Å²) in [4.78, 5) is 0. The van der Waals surface area contributed by atoms with Gasteiger partial charge >= 0.3 is 28.4 Å². The van der Waals surface area contributed by atoms with E-state index < -0.39 is 0 Å². The Hall–Kier alpha value is -3.48. The van der Waals surface area contributed by atoms with Crippen LogP contribution in [0.15, 0.2) is 156 Å². The number of halogens is 2. The Morgan fingerprint density at radius 2 is 1.24 bits per heavy atom. The molecule has 3 heteroatoms. The van der Waals surface area contributed by atoms with Crippen LogP contribution in [-0.2, 0) is 30.7 Å². The van der Waals surface area contributed by atoms with Crippen LogP contribution in [0.3, 0.4) is 0 Å². The maximum absolute atomic E-state index is 3.34. The van der Waals surface area contributed by atoms with Crippen LogP contribution in [0.2, 0.25) is 0 Å². The van der Waals surface area contributed by atoms with E-state index in [1.54, 1.807) is 28.2 Å². The molecule has 0 aliphatic heterocycles. The molecule has 0 nitrogen and oxygen atoms in total. The fourth-order valence-electron chi connectivity index (χ4n) is 10.0. The third-order valence-electron chi connectivity index (χ3n) is 14.6. The molecule has 2 unspecified atom stereocenters. The molecule has 0 aromatic heterocycles. The van der Waals surface area contributed by atoms with E-state index in [2.05, 4.69) is 157 Å². The molecule has 5 aromatic carbocycles. The van der Waals surface area contributed by atoms with Crippen LogP contribution >= 0.6 is 24.8 Å². The summed E-state index contributed by atoms with van der Waals surface area (Å²) in [6.45, 7) is 20.3. The van der Waals surface area contributed by atoms with Crippen molar-refractivity contribution in [3.8, 4) is 0 Å². The van der Waals surface area contributed by atoms with Gasteiger partial charge in [-0.1, -0.05) is 150 Å². The quantitative estimate of drug-likeness (QED) is 0.136. The van der Waals surface area contributed by atoms with E-state index in [0.717, 1.165) is 12.8 Å². The average molecular weight is 883 g/mol.